The number of benzene rings is 1. The molecule has 0 radical (unpaired) electrons. The summed E-state index contributed by atoms with van der Waals surface area (Å²) in [6.45, 7) is 3.62. The number of halogens is 1. The third kappa shape index (κ3) is 3.64. The topological polar surface area (TPSA) is 86.7 Å². The Labute approximate surface area is 139 Å². The molecule has 0 aromatic heterocycles. The van der Waals surface area contributed by atoms with Gasteiger partial charge in [0.1, 0.15) is 6.04 Å². The number of hydrogen-bond acceptors (Lipinski definition) is 3. The summed E-state index contributed by atoms with van der Waals surface area (Å²) in [7, 11) is 0. The Kier molecular flexibility index (Phi) is 4.94. The third-order valence-corrected chi connectivity index (χ3v) is 4.25. The SMILES string of the molecule is CC(C)(CC(=O)N1CCNC(=O)C1c1ccccc1Cl)C(=O)O. The van der Waals surface area contributed by atoms with Gasteiger partial charge in [0.15, 0.2) is 0 Å². The molecule has 23 heavy (non-hydrogen) atoms. The zero-order valence-electron chi connectivity index (χ0n) is 13.0. The van der Waals surface area contributed by atoms with Gasteiger partial charge in [0.25, 0.3) is 0 Å². The van der Waals surface area contributed by atoms with Gasteiger partial charge in [-0.25, -0.2) is 0 Å². The van der Waals surface area contributed by atoms with Crippen LogP contribution in [0.2, 0.25) is 5.02 Å². The molecule has 6 nitrogen and oxygen atoms in total. The highest BCUT2D eigenvalue weighted by Crippen LogP contribution is 2.31. The van der Waals surface area contributed by atoms with Crippen molar-refractivity contribution in [2.24, 2.45) is 5.41 Å². The van der Waals surface area contributed by atoms with Gasteiger partial charge in [-0.15, -0.1) is 0 Å². The van der Waals surface area contributed by atoms with E-state index < -0.39 is 17.4 Å². The minimum absolute atomic E-state index is 0.184. The van der Waals surface area contributed by atoms with Crippen LogP contribution in [-0.2, 0) is 14.4 Å². The third-order valence-electron chi connectivity index (χ3n) is 3.90. The fourth-order valence-corrected chi connectivity index (χ4v) is 2.74. The van der Waals surface area contributed by atoms with Gasteiger partial charge in [-0.2, -0.15) is 0 Å². The van der Waals surface area contributed by atoms with Crippen LogP contribution in [0.25, 0.3) is 0 Å². The molecular weight excluding hydrogens is 320 g/mol. The van der Waals surface area contributed by atoms with E-state index in [1.807, 2.05) is 0 Å². The molecule has 0 saturated carbocycles. The molecule has 124 valence electrons. The molecule has 1 fully saturated rings. The average molecular weight is 339 g/mol. The van der Waals surface area contributed by atoms with Crippen molar-refractivity contribution in [3.8, 4) is 0 Å². The highest BCUT2D eigenvalue weighted by atomic mass is 35.5. The van der Waals surface area contributed by atoms with Gasteiger partial charge in [0.2, 0.25) is 11.8 Å². The normalized spacial score (nSPS) is 18.5. The van der Waals surface area contributed by atoms with E-state index in [0.29, 0.717) is 23.7 Å². The molecule has 1 aromatic carbocycles. The summed E-state index contributed by atoms with van der Waals surface area (Å²) in [4.78, 5) is 37.5. The molecule has 0 aliphatic carbocycles. The summed E-state index contributed by atoms with van der Waals surface area (Å²) < 4.78 is 0. The van der Waals surface area contributed by atoms with Crippen LogP contribution < -0.4 is 5.32 Å². The number of carboxylic acids is 1. The minimum Gasteiger partial charge on any atom is -0.481 e. The Bertz CT molecular complexity index is 645. The van der Waals surface area contributed by atoms with Crippen LogP contribution in [0.15, 0.2) is 24.3 Å². The van der Waals surface area contributed by atoms with Crippen molar-refractivity contribution in [2.75, 3.05) is 13.1 Å². The minimum atomic E-state index is -1.20. The van der Waals surface area contributed by atoms with Crippen molar-refractivity contribution >= 4 is 29.4 Å². The zero-order valence-corrected chi connectivity index (χ0v) is 13.8. The first kappa shape index (κ1) is 17.3. The van der Waals surface area contributed by atoms with Gasteiger partial charge in [-0.05, 0) is 19.9 Å². The quantitative estimate of drug-likeness (QED) is 0.877. The largest absolute Gasteiger partial charge is 0.481 e. The van der Waals surface area contributed by atoms with E-state index in [1.165, 1.54) is 18.7 Å². The number of piperazine rings is 1. The molecule has 1 aliphatic rings. The summed E-state index contributed by atoms with van der Waals surface area (Å²) in [5.41, 5.74) is -0.663. The van der Waals surface area contributed by atoms with Crippen molar-refractivity contribution in [1.82, 2.24) is 10.2 Å². The number of nitrogens with zero attached hydrogens (tertiary/aromatic N) is 1. The van der Waals surface area contributed by atoms with Crippen molar-refractivity contribution < 1.29 is 19.5 Å². The van der Waals surface area contributed by atoms with Crippen LogP contribution in [0.1, 0.15) is 31.9 Å². The Hall–Kier alpha value is -2.08. The van der Waals surface area contributed by atoms with Crippen LogP contribution in [0.5, 0.6) is 0 Å². The highest BCUT2D eigenvalue weighted by molar-refractivity contribution is 6.31. The van der Waals surface area contributed by atoms with E-state index in [1.54, 1.807) is 24.3 Å². The fourth-order valence-electron chi connectivity index (χ4n) is 2.50. The van der Waals surface area contributed by atoms with Gasteiger partial charge in [0.05, 0.1) is 5.41 Å². The number of aliphatic carboxylic acids is 1. The van der Waals surface area contributed by atoms with Crippen molar-refractivity contribution in [3.63, 3.8) is 0 Å². The maximum Gasteiger partial charge on any atom is 0.309 e. The molecule has 1 heterocycles. The van der Waals surface area contributed by atoms with Gasteiger partial charge >= 0.3 is 5.97 Å². The van der Waals surface area contributed by atoms with Gasteiger partial charge in [-0.3, -0.25) is 14.4 Å². The summed E-state index contributed by atoms with van der Waals surface area (Å²) >= 11 is 6.16. The van der Waals surface area contributed by atoms with Gasteiger partial charge in [0, 0.05) is 30.1 Å². The lowest BCUT2D eigenvalue weighted by Gasteiger charge is -2.37. The lowest BCUT2D eigenvalue weighted by atomic mass is 9.88. The molecule has 1 aliphatic heterocycles. The highest BCUT2D eigenvalue weighted by Gasteiger charge is 2.39. The van der Waals surface area contributed by atoms with Crippen molar-refractivity contribution in [1.29, 1.82) is 0 Å². The van der Waals surface area contributed by atoms with E-state index in [2.05, 4.69) is 5.32 Å². The number of amides is 2. The number of hydrogen-bond donors (Lipinski definition) is 2. The summed E-state index contributed by atoms with van der Waals surface area (Å²) in [6.07, 6.45) is -0.184. The van der Waals surface area contributed by atoms with E-state index in [-0.39, 0.29) is 18.2 Å². The molecule has 1 atom stereocenters. The number of carboxylic acid groups (broad SMARTS) is 1. The second-order valence-electron chi connectivity index (χ2n) is 6.17. The summed E-state index contributed by atoms with van der Waals surface area (Å²) in [5.74, 6) is -1.75. The van der Waals surface area contributed by atoms with E-state index in [9.17, 15) is 19.5 Å². The number of nitrogens with one attached hydrogen (secondary N) is 1. The first-order chi connectivity index (χ1) is 10.7. The second-order valence-corrected chi connectivity index (χ2v) is 6.58. The standard InChI is InChI=1S/C16H19ClN2O4/c1-16(2,15(22)23)9-12(20)19-8-7-18-14(21)13(19)10-5-3-4-6-11(10)17/h3-6,13H,7-9H2,1-2H3,(H,18,21)(H,22,23). The second kappa shape index (κ2) is 6.58. The molecule has 0 spiro atoms. The van der Waals surface area contributed by atoms with Crippen LogP contribution in [0.4, 0.5) is 0 Å². The number of rotatable bonds is 4. The molecule has 1 aromatic rings. The molecule has 0 bridgehead atoms. The number of carbonyl (C=O) groups is 3. The number of carbonyl (C=O) groups excluding carboxylic acids is 2. The zero-order chi connectivity index (χ0) is 17.2. The van der Waals surface area contributed by atoms with E-state index in [0.717, 1.165) is 0 Å². The fraction of sp³-hybridized carbons (Fsp3) is 0.438. The lowest BCUT2D eigenvalue weighted by molar-refractivity contribution is -0.153. The first-order valence-corrected chi connectivity index (χ1v) is 7.67. The van der Waals surface area contributed by atoms with Crippen LogP contribution in [-0.4, -0.2) is 40.9 Å². The van der Waals surface area contributed by atoms with Gasteiger partial charge in [-0.1, -0.05) is 29.8 Å². The molecule has 2 amide bonds. The lowest BCUT2D eigenvalue weighted by Crippen LogP contribution is -2.53. The predicted octanol–water partition coefficient (Wildman–Crippen LogP) is 1.84. The Morgan fingerprint density at radius 3 is 2.65 bits per heavy atom. The molecular formula is C16H19ClN2O4. The molecule has 2 N–H and O–H groups in total. The monoisotopic (exact) mass is 338 g/mol. The van der Waals surface area contributed by atoms with Crippen LogP contribution in [0, 0.1) is 5.41 Å². The van der Waals surface area contributed by atoms with Crippen molar-refractivity contribution in [3.05, 3.63) is 34.9 Å². The van der Waals surface area contributed by atoms with Crippen molar-refractivity contribution in [2.45, 2.75) is 26.3 Å². The van der Waals surface area contributed by atoms with Crippen LogP contribution in [0.3, 0.4) is 0 Å². The summed E-state index contributed by atoms with van der Waals surface area (Å²) in [5, 5.41) is 12.3. The summed E-state index contributed by atoms with van der Waals surface area (Å²) in [6, 6.07) is 6.00. The Morgan fingerprint density at radius 1 is 1.39 bits per heavy atom. The van der Waals surface area contributed by atoms with Gasteiger partial charge < -0.3 is 15.3 Å². The molecule has 7 heteroatoms. The van der Waals surface area contributed by atoms with E-state index in [4.69, 9.17) is 11.6 Å². The Morgan fingerprint density at radius 2 is 2.04 bits per heavy atom. The average Bonchev–Trinajstić information content (AvgIpc) is 2.47. The van der Waals surface area contributed by atoms with Crippen LogP contribution >= 0.6 is 11.6 Å². The first-order valence-electron chi connectivity index (χ1n) is 7.29. The smallest absolute Gasteiger partial charge is 0.309 e. The molecule has 1 saturated heterocycles. The maximum absolute atomic E-state index is 12.6. The maximum atomic E-state index is 12.6. The molecule has 2 rings (SSSR count). The predicted molar refractivity (Wildman–Crippen MR) is 84.9 cm³/mol. The van der Waals surface area contributed by atoms with E-state index >= 15 is 0 Å². The molecule has 1 unspecified atom stereocenters. The Balaban J connectivity index is 2.31.